The molecular formula is C23H26GeN2O. The Hall–Kier alpha value is -2.14. The van der Waals surface area contributed by atoms with E-state index >= 15 is 0 Å². The Labute approximate surface area is 163 Å². The fraction of sp³-hybridized carbons (Fsp3) is 0.304. The van der Waals surface area contributed by atoms with E-state index < -0.39 is 13.3 Å². The van der Waals surface area contributed by atoms with Gasteiger partial charge >= 0.3 is 163 Å². The van der Waals surface area contributed by atoms with Crippen LogP contribution in [0.1, 0.15) is 31.0 Å². The Balaban J connectivity index is 1.97. The van der Waals surface area contributed by atoms with E-state index in [1.54, 1.807) is 0 Å². The normalized spacial score (nSPS) is 12.4. The van der Waals surface area contributed by atoms with Crippen LogP contribution in [0.15, 0.2) is 47.0 Å². The van der Waals surface area contributed by atoms with Gasteiger partial charge < -0.3 is 0 Å². The van der Waals surface area contributed by atoms with Crippen molar-refractivity contribution in [3.63, 3.8) is 0 Å². The van der Waals surface area contributed by atoms with Gasteiger partial charge in [-0.05, 0) is 0 Å². The number of rotatable bonds is 3. The van der Waals surface area contributed by atoms with Gasteiger partial charge in [-0.15, -0.1) is 0 Å². The summed E-state index contributed by atoms with van der Waals surface area (Å²) in [6.07, 6.45) is 2.12. The molecule has 4 heteroatoms. The summed E-state index contributed by atoms with van der Waals surface area (Å²) < 4.78 is 7.67. The van der Waals surface area contributed by atoms with Crippen LogP contribution in [0.4, 0.5) is 0 Å². The van der Waals surface area contributed by atoms with Gasteiger partial charge in [-0.25, -0.2) is 0 Å². The molecule has 4 rings (SSSR count). The second-order valence-corrected chi connectivity index (χ2v) is 19.2. The predicted molar refractivity (Wildman–Crippen MR) is 117 cm³/mol. The SMILES string of the molecule is Cc1ccc2c(n1)oc1c(-c3cc(C(C)C)[c]([Ge]([CH3])([CH3])[CH3])cn3)cccc12. The maximum atomic E-state index is 6.18. The molecule has 0 aliphatic heterocycles. The van der Waals surface area contributed by atoms with Gasteiger partial charge in [-0.3, -0.25) is 0 Å². The molecule has 0 spiro atoms. The molecule has 0 aliphatic carbocycles. The zero-order chi connectivity index (χ0) is 19.3. The third kappa shape index (κ3) is 3.18. The van der Waals surface area contributed by atoms with E-state index in [1.165, 1.54) is 9.96 Å². The Morgan fingerprint density at radius 2 is 1.78 bits per heavy atom. The number of nitrogens with zero attached hydrogens (tertiary/aromatic N) is 2. The first-order valence-corrected chi connectivity index (χ1v) is 16.9. The fourth-order valence-corrected chi connectivity index (χ4v) is 7.22. The van der Waals surface area contributed by atoms with Crippen LogP contribution in [-0.2, 0) is 0 Å². The molecule has 4 aromatic rings. The predicted octanol–water partition coefficient (Wildman–Crippen LogP) is 6.02. The van der Waals surface area contributed by atoms with Crippen molar-refractivity contribution in [1.82, 2.24) is 9.97 Å². The van der Waals surface area contributed by atoms with Crippen LogP contribution in [0.25, 0.3) is 33.3 Å². The van der Waals surface area contributed by atoms with Gasteiger partial charge in [0.05, 0.1) is 0 Å². The van der Waals surface area contributed by atoms with Crippen molar-refractivity contribution < 1.29 is 4.42 Å². The van der Waals surface area contributed by atoms with Crippen molar-refractivity contribution in [2.75, 3.05) is 0 Å². The van der Waals surface area contributed by atoms with Crippen molar-refractivity contribution in [2.24, 2.45) is 0 Å². The fourth-order valence-electron chi connectivity index (χ4n) is 3.70. The monoisotopic (exact) mass is 420 g/mol. The molecule has 0 saturated carbocycles. The number of pyridine rings is 2. The van der Waals surface area contributed by atoms with E-state index in [0.717, 1.165) is 33.3 Å². The van der Waals surface area contributed by atoms with E-state index in [4.69, 9.17) is 9.40 Å². The van der Waals surface area contributed by atoms with Gasteiger partial charge in [0.25, 0.3) is 0 Å². The van der Waals surface area contributed by atoms with Gasteiger partial charge in [0.2, 0.25) is 0 Å². The summed E-state index contributed by atoms with van der Waals surface area (Å²) in [6, 6.07) is 12.7. The van der Waals surface area contributed by atoms with Crippen molar-refractivity contribution >= 4 is 39.7 Å². The minimum atomic E-state index is -1.98. The number of fused-ring (bicyclic) bond motifs is 3. The van der Waals surface area contributed by atoms with Crippen LogP contribution in [0.5, 0.6) is 0 Å². The second-order valence-electron chi connectivity index (χ2n) is 8.65. The second kappa shape index (κ2) is 6.48. The third-order valence-electron chi connectivity index (χ3n) is 5.15. The molecule has 1 aromatic carbocycles. The summed E-state index contributed by atoms with van der Waals surface area (Å²) in [5.41, 5.74) is 5.98. The number of furan rings is 1. The number of hydrogen-bond donors (Lipinski definition) is 0. The molecule has 138 valence electrons. The molecule has 3 heterocycles. The number of aromatic nitrogens is 2. The zero-order valence-corrected chi connectivity index (χ0v) is 19.0. The molecule has 0 fully saturated rings. The quantitative estimate of drug-likeness (QED) is 0.382. The maximum absolute atomic E-state index is 6.18. The van der Waals surface area contributed by atoms with E-state index in [-0.39, 0.29) is 0 Å². The first kappa shape index (κ1) is 18.2. The molecule has 0 aliphatic rings. The van der Waals surface area contributed by atoms with E-state index in [2.05, 4.69) is 72.6 Å². The molecule has 3 nitrogen and oxygen atoms in total. The molecule has 3 aromatic heterocycles. The van der Waals surface area contributed by atoms with E-state index in [1.807, 2.05) is 13.0 Å². The molecule has 0 radical (unpaired) electrons. The molecule has 0 bridgehead atoms. The van der Waals surface area contributed by atoms with Crippen LogP contribution < -0.4 is 4.40 Å². The molecular weight excluding hydrogens is 393 g/mol. The first-order chi connectivity index (χ1) is 12.8. The van der Waals surface area contributed by atoms with E-state index in [0.29, 0.717) is 11.6 Å². The standard InChI is InChI=1S/C23H26GeN2O/c1-14(2)19-12-21(25-13-20(19)24(4,5)6)18-9-7-8-16-17-11-10-15(3)26-23(17)27-22(16)18/h7-14H,1-6H3. The summed E-state index contributed by atoms with van der Waals surface area (Å²) in [5.74, 6) is 7.76. The summed E-state index contributed by atoms with van der Waals surface area (Å²) >= 11 is -1.98. The number of para-hydroxylation sites is 1. The molecule has 0 N–H and O–H groups in total. The third-order valence-corrected chi connectivity index (χ3v) is 9.41. The van der Waals surface area contributed by atoms with E-state index in [9.17, 15) is 0 Å². The van der Waals surface area contributed by atoms with Crippen LogP contribution >= 0.6 is 0 Å². The Kier molecular flexibility index (Phi) is 4.38. The first-order valence-electron chi connectivity index (χ1n) is 9.55. The average Bonchev–Trinajstić information content (AvgIpc) is 2.97. The van der Waals surface area contributed by atoms with Gasteiger partial charge in [0.1, 0.15) is 0 Å². The summed E-state index contributed by atoms with van der Waals surface area (Å²) in [4.78, 5) is 9.42. The molecule has 0 atom stereocenters. The minimum absolute atomic E-state index is 0.478. The molecule has 0 saturated heterocycles. The summed E-state index contributed by atoms with van der Waals surface area (Å²) in [5, 5.41) is 2.16. The molecule has 0 amide bonds. The van der Waals surface area contributed by atoms with Crippen molar-refractivity contribution in [1.29, 1.82) is 0 Å². The van der Waals surface area contributed by atoms with Crippen LogP contribution in [0.3, 0.4) is 0 Å². The van der Waals surface area contributed by atoms with Crippen LogP contribution in [-0.4, -0.2) is 23.2 Å². The number of benzene rings is 1. The van der Waals surface area contributed by atoms with Gasteiger partial charge in [0.15, 0.2) is 0 Å². The van der Waals surface area contributed by atoms with Crippen molar-refractivity contribution in [2.45, 2.75) is 44.0 Å². The number of hydrogen-bond acceptors (Lipinski definition) is 3. The Bertz CT molecular complexity index is 1150. The molecule has 27 heavy (non-hydrogen) atoms. The topological polar surface area (TPSA) is 38.9 Å². The van der Waals surface area contributed by atoms with Crippen LogP contribution in [0.2, 0.25) is 17.3 Å². The molecule has 0 unspecified atom stereocenters. The van der Waals surface area contributed by atoms with Gasteiger partial charge in [0, 0.05) is 0 Å². The summed E-state index contributed by atoms with van der Waals surface area (Å²) in [7, 11) is 0. The Morgan fingerprint density at radius 1 is 1.00 bits per heavy atom. The van der Waals surface area contributed by atoms with Gasteiger partial charge in [-0.2, -0.15) is 0 Å². The average molecular weight is 419 g/mol. The van der Waals surface area contributed by atoms with Crippen molar-refractivity contribution in [3.8, 4) is 11.3 Å². The Morgan fingerprint density at radius 3 is 2.48 bits per heavy atom. The van der Waals surface area contributed by atoms with Gasteiger partial charge in [-0.1, -0.05) is 0 Å². The van der Waals surface area contributed by atoms with Crippen molar-refractivity contribution in [3.05, 3.63) is 53.9 Å². The number of aryl methyl sites for hydroxylation is 1. The zero-order valence-electron chi connectivity index (χ0n) is 16.9. The summed E-state index contributed by atoms with van der Waals surface area (Å²) in [6.45, 7) is 6.52. The van der Waals surface area contributed by atoms with Crippen LogP contribution in [0, 0.1) is 6.92 Å².